The van der Waals surface area contributed by atoms with Gasteiger partial charge in [0.15, 0.2) is 6.61 Å². The fourth-order valence-corrected chi connectivity index (χ4v) is 2.79. The summed E-state index contributed by atoms with van der Waals surface area (Å²) in [5, 5.41) is 3.78. The summed E-state index contributed by atoms with van der Waals surface area (Å²) in [4.78, 5) is 28.6. The Morgan fingerprint density at radius 2 is 1.81 bits per heavy atom. The number of para-hydroxylation sites is 1. The Labute approximate surface area is 158 Å². The number of carbonyl (C=O) groups is 2. The zero-order valence-corrected chi connectivity index (χ0v) is 15.7. The van der Waals surface area contributed by atoms with Crippen molar-refractivity contribution >= 4 is 22.8 Å². The van der Waals surface area contributed by atoms with Gasteiger partial charge in [0.2, 0.25) is 0 Å². The zero-order valence-electron chi connectivity index (χ0n) is 15.7. The second-order valence-electron chi connectivity index (χ2n) is 6.60. The molecular weight excluding hydrogens is 340 g/mol. The molecule has 0 spiro atoms. The molecule has 138 valence electrons. The smallest absolute Gasteiger partial charge is 0.357 e. The highest BCUT2D eigenvalue weighted by Gasteiger charge is 2.14. The summed E-state index contributed by atoms with van der Waals surface area (Å²) in [6.45, 7) is 5.63. The van der Waals surface area contributed by atoms with Crippen LogP contribution in [0.15, 0.2) is 54.6 Å². The van der Waals surface area contributed by atoms with Gasteiger partial charge in [-0.25, -0.2) is 9.78 Å². The van der Waals surface area contributed by atoms with Gasteiger partial charge in [-0.3, -0.25) is 4.79 Å². The van der Waals surface area contributed by atoms with Gasteiger partial charge in [-0.2, -0.15) is 0 Å². The average Bonchev–Trinajstić information content (AvgIpc) is 2.67. The van der Waals surface area contributed by atoms with Crippen LogP contribution < -0.4 is 5.32 Å². The predicted molar refractivity (Wildman–Crippen MR) is 104 cm³/mol. The van der Waals surface area contributed by atoms with Crippen LogP contribution in [0.25, 0.3) is 10.9 Å². The maximum absolute atomic E-state index is 12.2. The number of fused-ring (bicyclic) bond motifs is 1. The Kier molecular flexibility index (Phi) is 5.50. The maximum Gasteiger partial charge on any atom is 0.357 e. The highest BCUT2D eigenvalue weighted by atomic mass is 16.5. The van der Waals surface area contributed by atoms with Crippen LogP contribution in [0.1, 0.15) is 40.1 Å². The number of amides is 1. The quantitative estimate of drug-likeness (QED) is 0.699. The van der Waals surface area contributed by atoms with Crippen LogP contribution in [-0.2, 0) is 9.53 Å². The van der Waals surface area contributed by atoms with Crippen molar-refractivity contribution in [1.82, 2.24) is 10.3 Å². The van der Waals surface area contributed by atoms with E-state index in [0.29, 0.717) is 5.52 Å². The number of nitrogens with one attached hydrogen (secondary N) is 1. The van der Waals surface area contributed by atoms with E-state index in [-0.39, 0.29) is 24.2 Å². The van der Waals surface area contributed by atoms with Gasteiger partial charge in [0, 0.05) is 5.39 Å². The largest absolute Gasteiger partial charge is 0.451 e. The van der Waals surface area contributed by atoms with Gasteiger partial charge in [0.25, 0.3) is 5.91 Å². The molecule has 2 aromatic carbocycles. The Bertz CT molecular complexity index is 998. The van der Waals surface area contributed by atoms with Crippen LogP contribution in [0.5, 0.6) is 0 Å². The molecule has 0 aliphatic carbocycles. The molecule has 0 aliphatic rings. The number of ether oxygens (including phenoxy) is 1. The molecule has 1 N–H and O–H groups in total. The summed E-state index contributed by atoms with van der Waals surface area (Å²) in [6.07, 6.45) is 0. The SMILES string of the molecule is Cc1ccc(C(C)NC(=O)COC(=O)c2ccc3ccccc3n2)cc1C. The van der Waals surface area contributed by atoms with Gasteiger partial charge in [0.05, 0.1) is 11.6 Å². The van der Waals surface area contributed by atoms with Crippen molar-refractivity contribution < 1.29 is 14.3 Å². The van der Waals surface area contributed by atoms with E-state index in [1.165, 1.54) is 11.1 Å². The van der Waals surface area contributed by atoms with Crippen LogP contribution in [0, 0.1) is 13.8 Å². The minimum atomic E-state index is -0.616. The lowest BCUT2D eigenvalue weighted by Crippen LogP contribution is -2.31. The van der Waals surface area contributed by atoms with Crippen molar-refractivity contribution in [3.63, 3.8) is 0 Å². The number of aryl methyl sites for hydroxylation is 2. The third kappa shape index (κ3) is 4.50. The first-order valence-electron chi connectivity index (χ1n) is 8.83. The van der Waals surface area contributed by atoms with E-state index in [9.17, 15) is 9.59 Å². The first-order valence-corrected chi connectivity index (χ1v) is 8.83. The fourth-order valence-electron chi connectivity index (χ4n) is 2.79. The third-order valence-electron chi connectivity index (χ3n) is 4.55. The van der Waals surface area contributed by atoms with Gasteiger partial charge in [-0.1, -0.05) is 42.5 Å². The van der Waals surface area contributed by atoms with Crippen molar-refractivity contribution in [3.05, 3.63) is 77.0 Å². The number of rotatable bonds is 5. The van der Waals surface area contributed by atoms with Gasteiger partial charge >= 0.3 is 5.97 Å². The highest BCUT2D eigenvalue weighted by molar-refractivity contribution is 5.92. The minimum Gasteiger partial charge on any atom is -0.451 e. The molecule has 5 nitrogen and oxygen atoms in total. The molecule has 0 bridgehead atoms. The Morgan fingerprint density at radius 1 is 1.04 bits per heavy atom. The second kappa shape index (κ2) is 7.99. The number of nitrogens with zero attached hydrogens (tertiary/aromatic N) is 1. The number of hydrogen-bond acceptors (Lipinski definition) is 4. The van der Waals surface area contributed by atoms with Crippen LogP contribution in [-0.4, -0.2) is 23.5 Å². The molecular formula is C22H22N2O3. The lowest BCUT2D eigenvalue weighted by atomic mass is 10.0. The standard InChI is InChI=1S/C22H22N2O3/c1-14-8-9-18(12-15(14)2)16(3)23-21(25)13-27-22(26)20-11-10-17-6-4-5-7-19(17)24-20/h4-12,16H,13H2,1-3H3,(H,23,25). The van der Waals surface area contributed by atoms with Crippen molar-refractivity contribution in [2.24, 2.45) is 0 Å². The van der Waals surface area contributed by atoms with E-state index in [0.717, 1.165) is 10.9 Å². The normalized spacial score (nSPS) is 11.8. The summed E-state index contributed by atoms with van der Waals surface area (Å²) in [5.41, 5.74) is 4.27. The molecule has 5 heteroatoms. The molecule has 0 saturated carbocycles. The summed E-state index contributed by atoms with van der Waals surface area (Å²) < 4.78 is 5.10. The highest BCUT2D eigenvalue weighted by Crippen LogP contribution is 2.17. The van der Waals surface area contributed by atoms with Crippen molar-refractivity contribution in [1.29, 1.82) is 0 Å². The Morgan fingerprint density at radius 3 is 2.59 bits per heavy atom. The molecule has 1 heterocycles. The third-order valence-corrected chi connectivity index (χ3v) is 4.55. The predicted octanol–water partition coefficient (Wildman–Crippen LogP) is 3.89. The molecule has 1 aromatic heterocycles. The van der Waals surface area contributed by atoms with E-state index < -0.39 is 5.97 Å². The van der Waals surface area contributed by atoms with Crippen LogP contribution in [0.4, 0.5) is 0 Å². The van der Waals surface area contributed by atoms with Crippen LogP contribution in [0.2, 0.25) is 0 Å². The molecule has 0 saturated heterocycles. The molecule has 3 rings (SSSR count). The van der Waals surface area contributed by atoms with Gasteiger partial charge in [-0.05, 0) is 49.6 Å². The first kappa shape index (κ1) is 18.6. The number of carbonyl (C=O) groups excluding carboxylic acids is 2. The van der Waals surface area contributed by atoms with Gasteiger partial charge in [-0.15, -0.1) is 0 Å². The molecule has 0 radical (unpaired) electrons. The molecule has 1 atom stereocenters. The van der Waals surface area contributed by atoms with E-state index in [1.807, 2.05) is 63.2 Å². The summed E-state index contributed by atoms with van der Waals surface area (Å²) in [6, 6.07) is 16.8. The van der Waals surface area contributed by atoms with E-state index >= 15 is 0 Å². The second-order valence-corrected chi connectivity index (χ2v) is 6.60. The molecule has 0 fully saturated rings. The first-order chi connectivity index (χ1) is 12.9. The van der Waals surface area contributed by atoms with Crippen LogP contribution in [0.3, 0.4) is 0 Å². The fraction of sp³-hybridized carbons (Fsp3) is 0.227. The number of esters is 1. The molecule has 3 aromatic rings. The molecule has 1 amide bonds. The number of hydrogen-bond donors (Lipinski definition) is 1. The topological polar surface area (TPSA) is 68.3 Å². The molecule has 0 aliphatic heterocycles. The van der Waals surface area contributed by atoms with E-state index in [1.54, 1.807) is 12.1 Å². The zero-order chi connectivity index (χ0) is 19.4. The summed E-state index contributed by atoms with van der Waals surface area (Å²) in [5.74, 6) is -0.968. The average molecular weight is 362 g/mol. The van der Waals surface area contributed by atoms with Crippen molar-refractivity contribution in [3.8, 4) is 0 Å². The molecule has 1 unspecified atom stereocenters. The summed E-state index contributed by atoms with van der Waals surface area (Å²) >= 11 is 0. The summed E-state index contributed by atoms with van der Waals surface area (Å²) in [7, 11) is 0. The number of pyridine rings is 1. The van der Waals surface area contributed by atoms with Gasteiger partial charge in [0.1, 0.15) is 5.69 Å². The lowest BCUT2D eigenvalue weighted by Gasteiger charge is -2.15. The Balaban J connectivity index is 1.57. The Hall–Kier alpha value is -3.21. The minimum absolute atomic E-state index is 0.172. The lowest BCUT2D eigenvalue weighted by molar-refractivity contribution is -0.124. The van der Waals surface area contributed by atoms with Crippen LogP contribution >= 0.6 is 0 Å². The van der Waals surface area contributed by atoms with Gasteiger partial charge < -0.3 is 10.1 Å². The number of benzene rings is 2. The molecule has 27 heavy (non-hydrogen) atoms. The van der Waals surface area contributed by atoms with E-state index in [4.69, 9.17) is 4.74 Å². The van der Waals surface area contributed by atoms with Crippen molar-refractivity contribution in [2.75, 3.05) is 6.61 Å². The van der Waals surface area contributed by atoms with Crippen molar-refractivity contribution in [2.45, 2.75) is 26.8 Å². The number of aromatic nitrogens is 1. The van der Waals surface area contributed by atoms with E-state index in [2.05, 4.69) is 10.3 Å². The monoisotopic (exact) mass is 362 g/mol. The maximum atomic E-state index is 12.2.